The molecule has 100 valence electrons. The van der Waals surface area contributed by atoms with E-state index in [-0.39, 0.29) is 30.8 Å². The van der Waals surface area contributed by atoms with E-state index >= 15 is 0 Å². The van der Waals surface area contributed by atoms with Gasteiger partial charge in [0.1, 0.15) is 18.7 Å². The standard InChI is InChI=1S/C11H11BrFN5O/c12-9-2-1-8(13)3-7(9)4-15-10(19)5-18-6-16-11(14)17-18/h1-3,6H,4-5H2,(H2,14,17)(H,15,19). The van der Waals surface area contributed by atoms with Gasteiger partial charge in [-0.15, -0.1) is 5.10 Å². The monoisotopic (exact) mass is 327 g/mol. The molecule has 1 aromatic carbocycles. The molecule has 1 aromatic heterocycles. The lowest BCUT2D eigenvalue weighted by Gasteiger charge is -2.07. The first-order valence-corrected chi connectivity index (χ1v) is 6.19. The van der Waals surface area contributed by atoms with E-state index in [4.69, 9.17) is 5.73 Å². The number of nitrogens with one attached hydrogen (secondary N) is 1. The van der Waals surface area contributed by atoms with Crippen LogP contribution in [0.15, 0.2) is 29.0 Å². The summed E-state index contributed by atoms with van der Waals surface area (Å²) >= 11 is 3.29. The minimum absolute atomic E-state index is 0.0110. The second-order valence-corrected chi connectivity index (χ2v) is 4.67. The van der Waals surface area contributed by atoms with Crippen molar-refractivity contribution in [3.63, 3.8) is 0 Å². The minimum atomic E-state index is -0.350. The Balaban J connectivity index is 1.91. The third kappa shape index (κ3) is 3.75. The van der Waals surface area contributed by atoms with Gasteiger partial charge in [-0.05, 0) is 23.8 Å². The van der Waals surface area contributed by atoms with E-state index in [2.05, 4.69) is 31.3 Å². The highest BCUT2D eigenvalue weighted by Crippen LogP contribution is 2.17. The molecule has 1 amide bonds. The topological polar surface area (TPSA) is 85.8 Å². The van der Waals surface area contributed by atoms with Crippen molar-refractivity contribution in [2.45, 2.75) is 13.1 Å². The maximum absolute atomic E-state index is 13.1. The molecule has 0 saturated carbocycles. The number of benzene rings is 1. The van der Waals surface area contributed by atoms with Crippen molar-refractivity contribution >= 4 is 27.8 Å². The SMILES string of the molecule is Nc1ncn(CC(=O)NCc2cc(F)ccc2Br)n1. The zero-order valence-electron chi connectivity index (χ0n) is 9.81. The van der Waals surface area contributed by atoms with E-state index in [1.54, 1.807) is 6.07 Å². The van der Waals surface area contributed by atoms with Crippen LogP contribution >= 0.6 is 15.9 Å². The summed E-state index contributed by atoms with van der Waals surface area (Å²) in [6, 6.07) is 4.29. The van der Waals surface area contributed by atoms with Gasteiger partial charge in [0.05, 0.1) is 0 Å². The second-order valence-electron chi connectivity index (χ2n) is 3.81. The third-order valence-corrected chi connectivity index (χ3v) is 3.12. The van der Waals surface area contributed by atoms with Gasteiger partial charge in [-0.25, -0.2) is 14.1 Å². The van der Waals surface area contributed by atoms with Crippen LogP contribution in [0, 0.1) is 5.82 Å². The van der Waals surface area contributed by atoms with Crippen molar-refractivity contribution in [3.05, 3.63) is 40.4 Å². The summed E-state index contributed by atoms with van der Waals surface area (Å²) in [5, 5.41) is 6.45. The smallest absolute Gasteiger partial charge is 0.242 e. The Hall–Kier alpha value is -1.96. The Kier molecular flexibility index (Phi) is 4.10. The van der Waals surface area contributed by atoms with Crippen LogP contribution in [0.4, 0.5) is 10.3 Å². The fourth-order valence-electron chi connectivity index (χ4n) is 1.46. The number of carbonyl (C=O) groups is 1. The molecule has 19 heavy (non-hydrogen) atoms. The van der Waals surface area contributed by atoms with Gasteiger partial charge in [-0.2, -0.15) is 0 Å². The lowest BCUT2D eigenvalue weighted by Crippen LogP contribution is -2.27. The number of rotatable bonds is 4. The molecular formula is C11H11BrFN5O. The fraction of sp³-hybridized carbons (Fsp3) is 0.182. The summed E-state index contributed by atoms with van der Waals surface area (Å²) in [6.45, 7) is 0.235. The van der Waals surface area contributed by atoms with Crippen LogP contribution in [-0.4, -0.2) is 20.7 Å². The number of carbonyl (C=O) groups excluding carboxylic acids is 1. The lowest BCUT2D eigenvalue weighted by molar-refractivity contribution is -0.122. The van der Waals surface area contributed by atoms with E-state index in [9.17, 15) is 9.18 Å². The summed E-state index contributed by atoms with van der Waals surface area (Å²) in [5.41, 5.74) is 5.99. The predicted octanol–water partition coefficient (Wildman–Crippen LogP) is 1.08. The summed E-state index contributed by atoms with van der Waals surface area (Å²) in [4.78, 5) is 15.3. The number of aromatic nitrogens is 3. The van der Waals surface area contributed by atoms with Gasteiger partial charge < -0.3 is 11.1 Å². The molecule has 3 N–H and O–H groups in total. The van der Waals surface area contributed by atoms with E-state index < -0.39 is 0 Å². The van der Waals surface area contributed by atoms with Gasteiger partial charge in [0.2, 0.25) is 11.9 Å². The lowest BCUT2D eigenvalue weighted by atomic mass is 10.2. The van der Waals surface area contributed by atoms with Gasteiger partial charge in [0.15, 0.2) is 0 Å². The van der Waals surface area contributed by atoms with Crippen LogP contribution in [0.1, 0.15) is 5.56 Å². The van der Waals surface area contributed by atoms with Crippen LogP contribution in [-0.2, 0) is 17.9 Å². The molecule has 8 heteroatoms. The molecule has 0 saturated heterocycles. The highest BCUT2D eigenvalue weighted by Gasteiger charge is 2.07. The van der Waals surface area contributed by atoms with Gasteiger partial charge in [0.25, 0.3) is 0 Å². The zero-order valence-corrected chi connectivity index (χ0v) is 11.4. The third-order valence-electron chi connectivity index (χ3n) is 2.34. The van der Waals surface area contributed by atoms with Crippen molar-refractivity contribution in [2.24, 2.45) is 0 Å². The van der Waals surface area contributed by atoms with Crippen LogP contribution in [0.25, 0.3) is 0 Å². The summed E-state index contributed by atoms with van der Waals surface area (Å²) < 4.78 is 15.1. The first kappa shape index (κ1) is 13.5. The highest BCUT2D eigenvalue weighted by molar-refractivity contribution is 9.10. The number of halogens is 2. The molecule has 2 rings (SSSR count). The molecule has 0 bridgehead atoms. The molecule has 0 aliphatic rings. The number of anilines is 1. The average molecular weight is 328 g/mol. The number of amides is 1. The van der Waals surface area contributed by atoms with E-state index in [1.807, 2.05) is 0 Å². The molecule has 0 aliphatic heterocycles. The molecule has 0 radical (unpaired) electrons. The van der Waals surface area contributed by atoms with Crippen molar-refractivity contribution < 1.29 is 9.18 Å². The Morgan fingerprint density at radius 2 is 2.32 bits per heavy atom. The van der Waals surface area contributed by atoms with Crippen molar-refractivity contribution in [2.75, 3.05) is 5.73 Å². The summed E-state index contributed by atoms with van der Waals surface area (Å²) in [6.07, 6.45) is 1.37. The molecule has 6 nitrogen and oxygen atoms in total. The van der Waals surface area contributed by atoms with Crippen molar-refractivity contribution in [1.82, 2.24) is 20.1 Å². The van der Waals surface area contributed by atoms with E-state index in [1.165, 1.54) is 23.1 Å². The van der Waals surface area contributed by atoms with Crippen LogP contribution < -0.4 is 11.1 Å². The summed E-state index contributed by atoms with van der Waals surface area (Å²) in [7, 11) is 0. The fourth-order valence-corrected chi connectivity index (χ4v) is 1.85. The number of nitrogen functional groups attached to an aromatic ring is 1. The predicted molar refractivity (Wildman–Crippen MR) is 70.4 cm³/mol. The Labute approximate surface area is 116 Å². The van der Waals surface area contributed by atoms with Gasteiger partial charge in [-0.1, -0.05) is 15.9 Å². The first-order chi connectivity index (χ1) is 9.04. The normalized spacial score (nSPS) is 10.4. The molecule has 0 aliphatic carbocycles. The van der Waals surface area contributed by atoms with Gasteiger partial charge in [0, 0.05) is 11.0 Å². The zero-order chi connectivity index (χ0) is 13.8. The number of hydrogen-bond acceptors (Lipinski definition) is 4. The maximum Gasteiger partial charge on any atom is 0.242 e. The maximum atomic E-state index is 13.1. The molecule has 0 unspecified atom stereocenters. The van der Waals surface area contributed by atoms with Gasteiger partial charge >= 0.3 is 0 Å². The summed E-state index contributed by atoms with van der Waals surface area (Å²) in [5.74, 6) is -0.502. The van der Waals surface area contributed by atoms with Crippen LogP contribution in [0.3, 0.4) is 0 Å². The Morgan fingerprint density at radius 1 is 1.53 bits per heavy atom. The van der Waals surface area contributed by atoms with Crippen molar-refractivity contribution in [3.8, 4) is 0 Å². The number of nitrogens with zero attached hydrogens (tertiary/aromatic N) is 3. The molecule has 0 atom stereocenters. The van der Waals surface area contributed by atoms with Crippen LogP contribution in [0.5, 0.6) is 0 Å². The first-order valence-electron chi connectivity index (χ1n) is 5.40. The minimum Gasteiger partial charge on any atom is -0.367 e. The molecule has 2 aromatic rings. The van der Waals surface area contributed by atoms with E-state index in [0.717, 1.165) is 4.47 Å². The van der Waals surface area contributed by atoms with Gasteiger partial charge in [-0.3, -0.25) is 4.79 Å². The second kappa shape index (κ2) is 5.79. The average Bonchev–Trinajstić information content (AvgIpc) is 2.76. The van der Waals surface area contributed by atoms with E-state index in [0.29, 0.717) is 5.56 Å². The Bertz CT molecular complexity index is 601. The number of nitrogens with two attached hydrogens (primary N) is 1. The van der Waals surface area contributed by atoms with Crippen LogP contribution in [0.2, 0.25) is 0 Å². The molecule has 0 fully saturated rings. The number of hydrogen-bond donors (Lipinski definition) is 2. The quantitative estimate of drug-likeness (QED) is 0.879. The molecule has 1 heterocycles. The molecule has 0 spiro atoms. The van der Waals surface area contributed by atoms with Crippen molar-refractivity contribution in [1.29, 1.82) is 0 Å². The molecular weight excluding hydrogens is 317 g/mol. The Morgan fingerprint density at radius 3 is 3.00 bits per heavy atom. The largest absolute Gasteiger partial charge is 0.367 e. The highest BCUT2D eigenvalue weighted by atomic mass is 79.9.